The smallest absolute Gasteiger partial charge is 0 e. The van der Waals surface area contributed by atoms with Gasteiger partial charge in [0.05, 0.1) is 0 Å². The van der Waals surface area contributed by atoms with Gasteiger partial charge in [-0.2, -0.15) is 0 Å². The van der Waals surface area contributed by atoms with Crippen LogP contribution >= 0.6 is 0 Å². The van der Waals surface area contributed by atoms with Crippen molar-refractivity contribution >= 4 is 0 Å². The molecule has 0 heteroatoms. The van der Waals surface area contributed by atoms with Crippen molar-refractivity contribution in [3.63, 3.8) is 0 Å². The maximum absolute atomic E-state index is 3.95. The second-order valence-corrected chi connectivity index (χ2v) is 32.9. The van der Waals surface area contributed by atoms with E-state index in [4.69, 9.17) is 0 Å². The number of hydrogen-bond donors (Lipinski definition) is 0. The van der Waals surface area contributed by atoms with Gasteiger partial charge in [-0.1, -0.05) is 130 Å². The molecule has 0 radical (unpaired) electrons. The van der Waals surface area contributed by atoms with E-state index in [0.717, 1.165) is 118 Å². The highest BCUT2D eigenvalue weighted by atomic mass is 14.4. The molecule has 0 unspecified atom stereocenters. The quantitative estimate of drug-likeness (QED) is 0.0895. The molecular weight excluding hydrogens is 1090 g/mol. The molecule has 10 fully saturated rings. The van der Waals surface area contributed by atoms with E-state index in [0.29, 0.717) is 0 Å². The van der Waals surface area contributed by atoms with Crippen molar-refractivity contribution in [1.82, 2.24) is 0 Å². The standard InChI is InChI=1S/C20H34.C19H32.2C18H30.C16H26.10H2/c1-3-5-7-17-9-13-19(14-10-17)20-15-11-18(12-16-20)8-6-4-2;1-3-5-7-17-10-14-19(15-11-17)18-12-8-16(6-4-2)9-13-18;1-3-5-6-16-9-13-18(14-10-16)17-11-7-15(4-2)8-12-17;1-3-5-15-7-11-17(12-8-15)18-13-9-16(6-4-2)10-14-18;1-3-13-5-9-15(10-6-13)16-11-7-14(4-2)8-12-16;;;;;;;;;;/h3-4,17-20H,1-2,5-16H2;3-4,6,16-19H,1,5,7-15H2,2H3;3-4,15-18H,1-2,5-14H2;3-6,15-18H,7-14H2,1-2H3;3-4,13-16H,1-2,5-12H2;10*1H/b;6-4+;;5-3+,6-4+;;;;;;;;;;;. The highest BCUT2D eigenvalue weighted by Crippen LogP contribution is 2.48. The van der Waals surface area contributed by atoms with E-state index in [1.54, 1.807) is 0 Å². The molecule has 0 nitrogen and oxygen atoms in total. The van der Waals surface area contributed by atoms with Crippen molar-refractivity contribution in [1.29, 1.82) is 0 Å². The molecule has 0 bridgehead atoms. The minimum Gasteiger partial charge on any atom is -0.103 e. The van der Waals surface area contributed by atoms with Gasteiger partial charge in [0, 0.05) is 14.3 Å². The number of rotatable bonds is 23. The summed E-state index contributed by atoms with van der Waals surface area (Å²) in [4.78, 5) is 0. The van der Waals surface area contributed by atoms with E-state index in [2.05, 4.69) is 146 Å². The zero-order valence-electron chi connectivity index (χ0n) is 60.9. The Morgan fingerprint density at radius 3 is 0.484 bits per heavy atom. The van der Waals surface area contributed by atoms with Gasteiger partial charge in [0.1, 0.15) is 0 Å². The van der Waals surface area contributed by atoms with Crippen molar-refractivity contribution < 1.29 is 14.3 Å². The lowest BCUT2D eigenvalue weighted by Gasteiger charge is -2.38. The SMILES string of the molecule is C/C=C/C1CCC(C2CCC(/C=C/C)CC2)CC1.C=CC1CCC(C2CCC(C=C)CC2)CC1.C=CCCC1CCC(C2CCC(/C=C/C)CC2)CC1.C=CCCC1CCC(C2CCC(C=C)CC2)CC1.C=CCCC1CCC(C2CCC(CCC=C)CC2)CC1.[HH].[HH].[HH].[HH].[HH].[HH].[HH].[HH].[HH].[HH]. The minimum atomic E-state index is 0. The Bertz CT molecular complexity index is 1920. The molecule has 0 aromatic heterocycles. The van der Waals surface area contributed by atoms with Gasteiger partial charge < -0.3 is 0 Å². The third-order valence-corrected chi connectivity index (χ3v) is 27.3. The van der Waals surface area contributed by atoms with Crippen LogP contribution in [-0.4, -0.2) is 0 Å². The third-order valence-electron chi connectivity index (χ3n) is 27.3. The normalized spacial score (nSPS) is 37.3. The third kappa shape index (κ3) is 28.9. The van der Waals surface area contributed by atoms with E-state index in [1.165, 1.54) is 308 Å². The van der Waals surface area contributed by atoms with Crippen LogP contribution in [0.25, 0.3) is 0 Å². The summed E-state index contributed by atoms with van der Waals surface area (Å²) in [5.74, 6) is 19.7. The van der Waals surface area contributed by atoms with Gasteiger partial charge in [-0.15, -0.1) is 46.1 Å². The molecule has 10 rings (SSSR count). The van der Waals surface area contributed by atoms with Crippen molar-refractivity contribution in [3.05, 3.63) is 125 Å². The van der Waals surface area contributed by atoms with Gasteiger partial charge in [-0.05, 0) is 396 Å². The first-order valence-electron chi connectivity index (χ1n) is 40.9. The molecule has 0 heterocycles. The summed E-state index contributed by atoms with van der Waals surface area (Å²) in [6.07, 6.45) is 98.3. The average molecular weight is 1270 g/mol. The maximum Gasteiger partial charge on any atom is 0 e. The van der Waals surface area contributed by atoms with Crippen LogP contribution in [0.3, 0.4) is 0 Å². The summed E-state index contributed by atoms with van der Waals surface area (Å²) in [7, 11) is 0. The van der Waals surface area contributed by atoms with Crippen LogP contribution in [0.15, 0.2) is 125 Å². The molecule has 91 heavy (non-hydrogen) atoms. The fraction of sp³-hybridized carbons (Fsp3) is 0.780. The molecule has 0 aliphatic heterocycles. The summed E-state index contributed by atoms with van der Waals surface area (Å²) >= 11 is 0. The van der Waals surface area contributed by atoms with Crippen LogP contribution in [0.5, 0.6) is 0 Å². The number of allylic oxidation sites excluding steroid dienone is 13. The Balaban J connectivity index is -0.000000372. The van der Waals surface area contributed by atoms with Crippen LogP contribution in [-0.2, 0) is 0 Å². The number of hydrogen-bond acceptors (Lipinski definition) is 0. The van der Waals surface area contributed by atoms with E-state index < -0.39 is 0 Å². The summed E-state index contributed by atoms with van der Waals surface area (Å²) in [5.41, 5.74) is 0. The van der Waals surface area contributed by atoms with E-state index in [9.17, 15) is 0 Å². The molecule has 0 spiro atoms. The maximum atomic E-state index is 3.95. The average Bonchev–Trinajstić information content (AvgIpc) is 0.892. The summed E-state index contributed by atoms with van der Waals surface area (Å²) in [6.45, 7) is 33.7. The van der Waals surface area contributed by atoms with Crippen LogP contribution < -0.4 is 0 Å². The molecule has 0 N–H and O–H groups in total. The second-order valence-electron chi connectivity index (χ2n) is 32.9. The second kappa shape index (κ2) is 46.5. The fourth-order valence-corrected chi connectivity index (χ4v) is 21.0. The van der Waals surface area contributed by atoms with Gasteiger partial charge in [0.15, 0.2) is 0 Å². The first-order valence-corrected chi connectivity index (χ1v) is 40.9. The molecule has 10 aliphatic carbocycles. The van der Waals surface area contributed by atoms with Gasteiger partial charge in [0.25, 0.3) is 0 Å². The zero-order chi connectivity index (χ0) is 64.7. The van der Waals surface area contributed by atoms with Crippen molar-refractivity contribution in [2.45, 2.75) is 329 Å². The molecule has 0 saturated heterocycles. The summed E-state index contributed by atoms with van der Waals surface area (Å²) in [5, 5.41) is 0. The first kappa shape index (κ1) is 77.4. The van der Waals surface area contributed by atoms with Crippen LogP contribution in [0.4, 0.5) is 0 Å². The molecule has 0 amide bonds. The molecular formula is C91H172. The van der Waals surface area contributed by atoms with Crippen molar-refractivity contribution in [2.24, 2.45) is 118 Å². The Kier molecular flexibility index (Phi) is 39.6. The lowest BCUT2D eigenvalue weighted by molar-refractivity contribution is 0.142. The lowest BCUT2D eigenvalue weighted by Crippen LogP contribution is -2.25. The topological polar surface area (TPSA) is 0 Å². The highest BCUT2D eigenvalue weighted by molar-refractivity contribution is 4.96. The predicted octanol–water partition coefficient (Wildman–Crippen LogP) is 31.6. The Morgan fingerprint density at radius 2 is 0.352 bits per heavy atom. The molecule has 10 saturated carbocycles. The van der Waals surface area contributed by atoms with Crippen molar-refractivity contribution in [3.8, 4) is 0 Å². The van der Waals surface area contributed by atoms with Gasteiger partial charge in [-0.3, -0.25) is 0 Å². The van der Waals surface area contributed by atoms with Gasteiger partial charge in [-0.25, -0.2) is 0 Å². The molecule has 0 aromatic carbocycles. The highest BCUT2D eigenvalue weighted by Gasteiger charge is 2.35. The van der Waals surface area contributed by atoms with Crippen LogP contribution in [0.1, 0.15) is 343 Å². The van der Waals surface area contributed by atoms with Crippen LogP contribution in [0, 0.1) is 118 Å². The molecule has 0 atom stereocenters. The van der Waals surface area contributed by atoms with Crippen molar-refractivity contribution in [2.75, 3.05) is 0 Å². The Hall–Kier alpha value is -2.60. The van der Waals surface area contributed by atoms with E-state index >= 15 is 0 Å². The molecule has 536 valence electrons. The monoisotopic (exact) mass is 1270 g/mol. The lowest BCUT2D eigenvalue weighted by atomic mass is 9.68. The van der Waals surface area contributed by atoms with Gasteiger partial charge in [0.2, 0.25) is 0 Å². The fourth-order valence-electron chi connectivity index (χ4n) is 21.0. The first-order chi connectivity index (χ1) is 44.7. The van der Waals surface area contributed by atoms with Gasteiger partial charge >= 0.3 is 0 Å². The minimum absolute atomic E-state index is 0. The predicted molar refractivity (Wildman–Crippen MR) is 428 cm³/mol. The summed E-state index contributed by atoms with van der Waals surface area (Å²) in [6, 6.07) is 0. The summed E-state index contributed by atoms with van der Waals surface area (Å²) < 4.78 is 0. The zero-order valence-corrected chi connectivity index (χ0v) is 60.9. The molecule has 10 aliphatic rings. The largest absolute Gasteiger partial charge is 0.103 e. The Morgan fingerprint density at radius 1 is 0.209 bits per heavy atom. The van der Waals surface area contributed by atoms with E-state index in [-0.39, 0.29) is 14.3 Å². The van der Waals surface area contributed by atoms with Crippen LogP contribution in [0.2, 0.25) is 0 Å². The van der Waals surface area contributed by atoms with E-state index in [1.807, 2.05) is 0 Å². The molecule has 0 aromatic rings. The Labute approximate surface area is 584 Å².